The van der Waals surface area contributed by atoms with Crippen LogP contribution >= 0.6 is 11.6 Å². The lowest BCUT2D eigenvalue weighted by molar-refractivity contribution is 0.597. The predicted octanol–water partition coefficient (Wildman–Crippen LogP) is 1.54. The first-order chi connectivity index (χ1) is 6.98. The number of nitrogens with zero attached hydrogens (tertiary/aromatic N) is 1. The summed E-state index contributed by atoms with van der Waals surface area (Å²) in [5.41, 5.74) is 0.634. The Hall–Kier alpha value is -1.17. The summed E-state index contributed by atoms with van der Waals surface area (Å²) >= 11 is 5.72. The van der Waals surface area contributed by atoms with Crippen molar-refractivity contribution in [2.45, 2.75) is 4.90 Å². The van der Waals surface area contributed by atoms with E-state index in [9.17, 15) is 8.42 Å². The molecule has 0 aliphatic carbocycles. The normalized spacial score (nSPS) is 11.9. The number of para-hydroxylation sites is 1. The number of rotatable bonds is 1. The summed E-state index contributed by atoms with van der Waals surface area (Å²) in [5.74, 6) is 0. The highest BCUT2D eigenvalue weighted by Gasteiger charge is 2.14. The fraction of sp³-hybridized carbons (Fsp3) is 0. The minimum absolute atomic E-state index is 0.101. The van der Waals surface area contributed by atoms with Crippen molar-refractivity contribution in [1.29, 1.82) is 0 Å². The van der Waals surface area contributed by atoms with Gasteiger partial charge >= 0.3 is 0 Å². The molecule has 0 bridgehead atoms. The molecule has 1 aromatic carbocycles. The fourth-order valence-electron chi connectivity index (χ4n) is 1.27. The summed E-state index contributed by atoms with van der Waals surface area (Å²) in [6, 6.07) is 8.48. The predicted molar refractivity (Wildman–Crippen MR) is 58.1 cm³/mol. The minimum atomic E-state index is -3.82. The van der Waals surface area contributed by atoms with Gasteiger partial charge in [0.05, 0.1) is 5.52 Å². The largest absolute Gasteiger partial charge is 0.241 e. The van der Waals surface area contributed by atoms with Gasteiger partial charge in [0.25, 0.3) is 0 Å². The van der Waals surface area contributed by atoms with E-state index in [1.165, 1.54) is 6.07 Å². The molecule has 78 valence electrons. The van der Waals surface area contributed by atoms with Gasteiger partial charge in [0.15, 0.2) is 0 Å². The highest BCUT2D eigenvalue weighted by Crippen LogP contribution is 2.22. The van der Waals surface area contributed by atoms with Crippen LogP contribution in [0, 0.1) is 0 Å². The molecule has 6 heteroatoms. The Kier molecular flexibility index (Phi) is 2.38. The van der Waals surface area contributed by atoms with Crippen molar-refractivity contribution in [3.63, 3.8) is 0 Å². The Morgan fingerprint density at radius 2 is 1.93 bits per heavy atom. The molecule has 1 heterocycles. The van der Waals surface area contributed by atoms with Gasteiger partial charge in [-0.3, -0.25) is 0 Å². The van der Waals surface area contributed by atoms with Crippen LogP contribution in [0.5, 0.6) is 0 Å². The third-order valence-corrected chi connectivity index (χ3v) is 3.28. The SMILES string of the molecule is NS(=O)(=O)c1cc2ccccc2nc1Cl. The van der Waals surface area contributed by atoms with Crippen molar-refractivity contribution >= 4 is 32.5 Å². The molecule has 2 aromatic rings. The van der Waals surface area contributed by atoms with Gasteiger partial charge in [-0.1, -0.05) is 29.8 Å². The summed E-state index contributed by atoms with van der Waals surface area (Å²) < 4.78 is 22.3. The number of nitrogens with two attached hydrogens (primary N) is 1. The van der Waals surface area contributed by atoms with Crippen molar-refractivity contribution in [1.82, 2.24) is 4.98 Å². The van der Waals surface area contributed by atoms with Crippen molar-refractivity contribution in [3.05, 3.63) is 35.5 Å². The number of aromatic nitrogens is 1. The zero-order valence-corrected chi connectivity index (χ0v) is 9.09. The number of benzene rings is 1. The number of fused-ring (bicyclic) bond motifs is 1. The molecule has 0 atom stereocenters. The Morgan fingerprint density at radius 1 is 1.27 bits per heavy atom. The minimum Gasteiger partial charge on any atom is -0.235 e. The lowest BCUT2D eigenvalue weighted by atomic mass is 10.2. The molecule has 2 rings (SSSR count). The Labute approximate surface area is 91.7 Å². The number of sulfonamides is 1. The van der Waals surface area contributed by atoms with Crippen LogP contribution in [0.4, 0.5) is 0 Å². The molecule has 0 spiro atoms. The highest BCUT2D eigenvalue weighted by molar-refractivity contribution is 7.89. The number of hydrogen-bond acceptors (Lipinski definition) is 3. The summed E-state index contributed by atoms with van der Waals surface area (Å²) in [6.45, 7) is 0. The molecule has 0 saturated heterocycles. The van der Waals surface area contributed by atoms with E-state index in [1.54, 1.807) is 24.3 Å². The van der Waals surface area contributed by atoms with Gasteiger partial charge in [0, 0.05) is 5.39 Å². The van der Waals surface area contributed by atoms with E-state index in [1.807, 2.05) is 0 Å². The van der Waals surface area contributed by atoms with Crippen LogP contribution in [0.1, 0.15) is 0 Å². The highest BCUT2D eigenvalue weighted by atomic mass is 35.5. The van der Waals surface area contributed by atoms with Crippen LogP contribution in [0.2, 0.25) is 5.15 Å². The molecule has 15 heavy (non-hydrogen) atoms. The van der Waals surface area contributed by atoms with Crippen molar-refractivity contribution in [2.24, 2.45) is 5.14 Å². The number of pyridine rings is 1. The first kappa shape index (κ1) is 10.4. The molecular weight excluding hydrogens is 236 g/mol. The molecule has 0 saturated carbocycles. The fourth-order valence-corrected chi connectivity index (χ4v) is 2.31. The molecule has 2 N–H and O–H groups in total. The molecule has 0 unspecified atom stereocenters. The standard InChI is InChI=1S/C9H7ClN2O2S/c10-9-8(15(11,13)14)5-6-3-1-2-4-7(6)12-9/h1-5H,(H2,11,13,14). The number of hydrogen-bond donors (Lipinski definition) is 1. The second-order valence-electron chi connectivity index (χ2n) is 3.02. The average molecular weight is 243 g/mol. The van der Waals surface area contributed by atoms with Crippen molar-refractivity contribution < 1.29 is 8.42 Å². The van der Waals surface area contributed by atoms with Crippen LogP contribution in [0.25, 0.3) is 10.9 Å². The number of halogens is 1. The number of primary sulfonamides is 1. The summed E-state index contributed by atoms with van der Waals surface area (Å²) in [4.78, 5) is 3.80. The summed E-state index contributed by atoms with van der Waals surface area (Å²) in [7, 11) is -3.82. The van der Waals surface area contributed by atoms with E-state index < -0.39 is 10.0 Å². The van der Waals surface area contributed by atoms with Crippen LogP contribution < -0.4 is 5.14 Å². The Bertz CT molecular complexity index is 625. The maximum atomic E-state index is 11.2. The van der Waals surface area contributed by atoms with E-state index in [2.05, 4.69) is 4.98 Å². The van der Waals surface area contributed by atoms with Crippen LogP contribution in [0.15, 0.2) is 35.2 Å². The van der Waals surface area contributed by atoms with E-state index in [0.29, 0.717) is 10.9 Å². The first-order valence-corrected chi connectivity index (χ1v) is 5.99. The molecular formula is C9H7ClN2O2S. The van der Waals surface area contributed by atoms with Crippen LogP contribution in [-0.4, -0.2) is 13.4 Å². The van der Waals surface area contributed by atoms with Crippen LogP contribution in [0.3, 0.4) is 0 Å². The smallest absolute Gasteiger partial charge is 0.235 e. The molecule has 4 nitrogen and oxygen atoms in total. The topological polar surface area (TPSA) is 73.1 Å². The van der Waals surface area contributed by atoms with Gasteiger partial charge in [0.2, 0.25) is 10.0 Å². The molecule has 0 radical (unpaired) electrons. The van der Waals surface area contributed by atoms with E-state index in [0.717, 1.165) is 0 Å². The molecule has 0 aliphatic heterocycles. The van der Waals surface area contributed by atoms with Gasteiger partial charge < -0.3 is 0 Å². The van der Waals surface area contributed by atoms with E-state index >= 15 is 0 Å². The zero-order valence-electron chi connectivity index (χ0n) is 7.51. The van der Waals surface area contributed by atoms with Crippen molar-refractivity contribution in [3.8, 4) is 0 Å². The van der Waals surface area contributed by atoms with E-state index in [-0.39, 0.29) is 10.0 Å². The average Bonchev–Trinajstić information content (AvgIpc) is 2.15. The zero-order chi connectivity index (χ0) is 11.1. The van der Waals surface area contributed by atoms with Gasteiger partial charge in [-0.2, -0.15) is 0 Å². The molecule has 0 fully saturated rings. The van der Waals surface area contributed by atoms with Gasteiger partial charge in [-0.05, 0) is 12.1 Å². The lowest BCUT2D eigenvalue weighted by Crippen LogP contribution is -2.13. The third kappa shape index (κ3) is 1.94. The molecule has 0 amide bonds. The third-order valence-electron chi connectivity index (χ3n) is 1.95. The molecule has 1 aromatic heterocycles. The Morgan fingerprint density at radius 3 is 2.60 bits per heavy atom. The second-order valence-corrected chi connectivity index (χ2v) is 4.90. The summed E-state index contributed by atoms with van der Waals surface area (Å²) in [5, 5.41) is 5.58. The lowest BCUT2D eigenvalue weighted by Gasteiger charge is -2.03. The maximum absolute atomic E-state index is 11.2. The van der Waals surface area contributed by atoms with Crippen molar-refractivity contribution in [2.75, 3.05) is 0 Å². The van der Waals surface area contributed by atoms with Gasteiger partial charge in [-0.15, -0.1) is 0 Å². The van der Waals surface area contributed by atoms with Gasteiger partial charge in [-0.25, -0.2) is 18.5 Å². The van der Waals surface area contributed by atoms with Gasteiger partial charge in [0.1, 0.15) is 10.0 Å². The molecule has 0 aliphatic rings. The monoisotopic (exact) mass is 242 g/mol. The quantitative estimate of drug-likeness (QED) is 0.771. The maximum Gasteiger partial charge on any atom is 0.241 e. The first-order valence-electron chi connectivity index (χ1n) is 4.06. The van der Waals surface area contributed by atoms with E-state index in [4.69, 9.17) is 16.7 Å². The summed E-state index contributed by atoms with van der Waals surface area (Å²) in [6.07, 6.45) is 0. The Balaban J connectivity index is 2.84. The van der Waals surface area contributed by atoms with Crippen LogP contribution in [-0.2, 0) is 10.0 Å². The second kappa shape index (κ2) is 3.44.